The van der Waals surface area contributed by atoms with E-state index >= 15 is 0 Å². The van der Waals surface area contributed by atoms with E-state index in [-0.39, 0.29) is 0 Å². The Kier molecular flexibility index (Phi) is 5.82. The average molecular weight is 407 g/mol. The number of nitrogens with one attached hydrogen (secondary N) is 1. The number of hydrogen-bond donors (Lipinski definition) is 3. The zero-order valence-corrected chi connectivity index (χ0v) is 16.2. The monoisotopic (exact) mass is 405 g/mol. The molecule has 0 spiro atoms. The molecule has 0 amide bonds. The van der Waals surface area contributed by atoms with Crippen LogP contribution in [0.25, 0.3) is 0 Å². The Morgan fingerprint density at radius 3 is 1.69 bits per heavy atom. The van der Waals surface area contributed by atoms with E-state index in [2.05, 4.69) is 5.32 Å². The average Bonchev–Trinajstić information content (AvgIpc) is 2.58. The van der Waals surface area contributed by atoms with Gasteiger partial charge in [0.05, 0.1) is 0 Å². The molecule has 0 aromatic heterocycles. The first-order valence-electron chi connectivity index (χ1n) is 8.02. The molecule has 3 nitrogen and oxygen atoms in total. The molecule has 0 saturated heterocycles. The lowest BCUT2D eigenvalue weighted by Crippen LogP contribution is -2.01. The van der Waals surface area contributed by atoms with E-state index in [9.17, 15) is 0 Å². The van der Waals surface area contributed by atoms with Crippen LogP contribution in [0.2, 0.25) is 15.1 Å². The summed E-state index contributed by atoms with van der Waals surface area (Å²) in [6.45, 7) is 0.582. The summed E-state index contributed by atoms with van der Waals surface area (Å²) in [4.78, 5) is 0. The third-order valence-corrected chi connectivity index (χ3v) is 5.13. The summed E-state index contributed by atoms with van der Waals surface area (Å²) < 4.78 is 0. The molecule has 0 unspecified atom stereocenters. The van der Waals surface area contributed by atoms with Crippen LogP contribution in [0.3, 0.4) is 0 Å². The molecule has 3 aromatic carbocycles. The van der Waals surface area contributed by atoms with Gasteiger partial charge in [-0.1, -0.05) is 53.0 Å². The Labute approximate surface area is 167 Å². The standard InChI is InChI=1S/C20H18Cl3N3/c21-18-8-15(24)4-1-12(18)7-13-3-6-17(10-20(13)23)26-11-14-2-5-16(25)9-19(14)22/h1-6,8-10,26H,7,11,24-25H2. The van der Waals surface area contributed by atoms with Crippen LogP contribution in [0, 0.1) is 0 Å². The molecule has 6 heteroatoms. The maximum Gasteiger partial charge on any atom is 0.0476 e. The summed E-state index contributed by atoms with van der Waals surface area (Å²) >= 11 is 18.9. The molecular weight excluding hydrogens is 389 g/mol. The molecule has 134 valence electrons. The van der Waals surface area contributed by atoms with Gasteiger partial charge in [-0.2, -0.15) is 0 Å². The van der Waals surface area contributed by atoms with Crippen LogP contribution in [0.4, 0.5) is 17.1 Å². The number of nitrogens with two attached hydrogens (primary N) is 2. The topological polar surface area (TPSA) is 64.1 Å². The molecule has 0 heterocycles. The van der Waals surface area contributed by atoms with Crippen molar-refractivity contribution in [2.45, 2.75) is 13.0 Å². The van der Waals surface area contributed by atoms with E-state index in [0.717, 1.165) is 22.4 Å². The number of hydrogen-bond acceptors (Lipinski definition) is 3. The third kappa shape index (κ3) is 4.55. The van der Waals surface area contributed by atoms with Gasteiger partial charge in [0, 0.05) is 45.1 Å². The SMILES string of the molecule is Nc1ccc(CNc2ccc(Cc3ccc(N)cc3Cl)c(Cl)c2)c(Cl)c1. The molecule has 3 aromatic rings. The minimum absolute atomic E-state index is 0.582. The number of nitrogen functional groups attached to an aromatic ring is 2. The van der Waals surface area contributed by atoms with Gasteiger partial charge in [-0.25, -0.2) is 0 Å². The van der Waals surface area contributed by atoms with Crippen LogP contribution >= 0.6 is 34.8 Å². The van der Waals surface area contributed by atoms with Crippen molar-refractivity contribution in [2.75, 3.05) is 16.8 Å². The van der Waals surface area contributed by atoms with Gasteiger partial charge in [-0.3, -0.25) is 0 Å². The number of halogens is 3. The second-order valence-corrected chi connectivity index (χ2v) is 7.26. The van der Waals surface area contributed by atoms with Crippen LogP contribution in [0.1, 0.15) is 16.7 Å². The van der Waals surface area contributed by atoms with Crippen molar-refractivity contribution in [3.63, 3.8) is 0 Å². The van der Waals surface area contributed by atoms with Crippen LogP contribution in [-0.4, -0.2) is 0 Å². The zero-order chi connectivity index (χ0) is 18.7. The van der Waals surface area contributed by atoms with Crippen LogP contribution in [0.5, 0.6) is 0 Å². The Balaban J connectivity index is 1.71. The molecule has 0 bridgehead atoms. The van der Waals surface area contributed by atoms with Gasteiger partial charge in [-0.15, -0.1) is 0 Å². The van der Waals surface area contributed by atoms with E-state index in [1.54, 1.807) is 12.1 Å². The molecular formula is C20H18Cl3N3. The van der Waals surface area contributed by atoms with Crippen molar-refractivity contribution < 1.29 is 0 Å². The lowest BCUT2D eigenvalue weighted by molar-refractivity contribution is 1.14. The van der Waals surface area contributed by atoms with Gasteiger partial charge < -0.3 is 16.8 Å². The molecule has 0 saturated carbocycles. The van der Waals surface area contributed by atoms with Crippen molar-refractivity contribution in [1.29, 1.82) is 0 Å². The van der Waals surface area contributed by atoms with Crippen molar-refractivity contribution in [1.82, 2.24) is 0 Å². The van der Waals surface area contributed by atoms with Crippen LogP contribution < -0.4 is 16.8 Å². The van der Waals surface area contributed by atoms with Crippen molar-refractivity contribution in [2.24, 2.45) is 0 Å². The minimum atomic E-state index is 0.582. The van der Waals surface area contributed by atoms with Crippen molar-refractivity contribution in [3.05, 3.63) is 86.4 Å². The summed E-state index contributed by atoms with van der Waals surface area (Å²) in [5, 5.41) is 5.27. The summed E-state index contributed by atoms with van der Waals surface area (Å²) in [7, 11) is 0. The maximum absolute atomic E-state index is 6.45. The maximum atomic E-state index is 6.45. The van der Waals surface area contributed by atoms with Crippen LogP contribution in [0.15, 0.2) is 54.6 Å². The fourth-order valence-electron chi connectivity index (χ4n) is 2.62. The molecule has 0 aliphatic rings. The lowest BCUT2D eigenvalue weighted by Gasteiger charge is -2.12. The molecule has 26 heavy (non-hydrogen) atoms. The Morgan fingerprint density at radius 1 is 0.654 bits per heavy atom. The van der Waals surface area contributed by atoms with Crippen LogP contribution in [-0.2, 0) is 13.0 Å². The first kappa shape index (κ1) is 18.7. The summed E-state index contributed by atoms with van der Waals surface area (Å²) in [5.74, 6) is 0. The molecule has 0 atom stereocenters. The van der Waals surface area contributed by atoms with Gasteiger partial charge in [0.1, 0.15) is 0 Å². The number of anilines is 3. The van der Waals surface area contributed by atoms with E-state index in [1.807, 2.05) is 42.5 Å². The Morgan fingerprint density at radius 2 is 1.15 bits per heavy atom. The van der Waals surface area contributed by atoms with Gasteiger partial charge >= 0.3 is 0 Å². The van der Waals surface area contributed by atoms with Gasteiger partial charge in [0.25, 0.3) is 0 Å². The van der Waals surface area contributed by atoms with E-state index in [1.165, 1.54) is 0 Å². The lowest BCUT2D eigenvalue weighted by atomic mass is 10.0. The highest BCUT2D eigenvalue weighted by Crippen LogP contribution is 2.28. The first-order chi connectivity index (χ1) is 12.4. The predicted molar refractivity (Wildman–Crippen MR) is 113 cm³/mol. The van der Waals surface area contributed by atoms with E-state index in [0.29, 0.717) is 39.4 Å². The number of rotatable bonds is 5. The summed E-state index contributed by atoms with van der Waals surface area (Å²) in [6, 6.07) is 16.8. The second-order valence-electron chi connectivity index (χ2n) is 6.04. The van der Waals surface area contributed by atoms with E-state index < -0.39 is 0 Å². The highest BCUT2D eigenvalue weighted by Gasteiger charge is 2.07. The smallest absolute Gasteiger partial charge is 0.0476 e. The second kappa shape index (κ2) is 8.09. The largest absolute Gasteiger partial charge is 0.399 e. The molecule has 0 fully saturated rings. The third-order valence-electron chi connectivity index (χ3n) is 4.07. The highest BCUT2D eigenvalue weighted by atomic mass is 35.5. The molecule has 3 rings (SSSR count). The highest BCUT2D eigenvalue weighted by molar-refractivity contribution is 6.32. The Bertz CT molecular complexity index is 942. The summed E-state index contributed by atoms with van der Waals surface area (Å²) in [5.41, 5.74) is 16.6. The predicted octanol–water partition coefficient (Wildman–Crippen LogP) is 6.01. The zero-order valence-electron chi connectivity index (χ0n) is 13.9. The molecule has 5 N–H and O–H groups in total. The Hall–Kier alpha value is -2.07. The quantitative estimate of drug-likeness (QED) is 0.454. The van der Waals surface area contributed by atoms with E-state index in [4.69, 9.17) is 46.3 Å². The van der Waals surface area contributed by atoms with Crippen molar-refractivity contribution in [3.8, 4) is 0 Å². The fraction of sp³-hybridized carbons (Fsp3) is 0.100. The first-order valence-corrected chi connectivity index (χ1v) is 9.16. The summed E-state index contributed by atoms with van der Waals surface area (Å²) in [6.07, 6.45) is 0.641. The van der Waals surface area contributed by atoms with Gasteiger partial charge in [0.2, 0.25) is 0 Å². The normalized spacial score (nSPS) is 10.7. The van der Waals surface area contributed by atoms with Gasteiger partial charge in [0.15, 0.2) is 0 Å². The molecule has 0 radical (unpaired) electrons. The number of benzene rings is 3. The van der Waals surface area contributed by atoms with Gasteiger partial charge in [-0.05, 0) is 53.1 Å². The molecule has 0 aliphatic carbocycles. The molecule has 0 aliphatic heterocycles. The fourth-order valence-corrected chi connectivity index (χ4v) is 3.38. The van der Waals surface area contributed by atoms with Crippen molar-refractivity contribution >= 4 is 51.9 Å². The minimum Gasteiger partial charge on any atom is -0.399 e.